The Kier molecular flexibility index (Phi) is 4.77. The Morgan fingerprint density at radius 1 is 1.19 bits per heavy atom. The zero-order valence-electron chi connectivity index (χ0n) is 13.1. The summed E-state index contributed by atoms with van der Waals surface area (Å²) in [5.41, 5.74) is 0.226. The van der Waals surface area contributed by atoms with Crippen LogP contribution in [0.1, 0.15) is 36.8 Å². The van der Waals surface area contributed by atoms with E-state index in [1.165, 1.54) is 0 Å². The van der Waals surface area contributed by atoms with Gasteiger partial charge in [-0.05, 0) is 40.7 Å². The summed E-state index contributed by atoms with van der Waals surface area (Å²) in [6.45, 7) is 7.01. The first-order valence-corrected chi connectivity index (χ1v) is 8.62. The topological polar surface area (TPSA) is 80.6 Å². The second-order valence-corrected chi connectivity index (χ2v) is 7.45. The van der Waals surface area contributed by atoms with Gasteiger partial charge in [-0.2, -0.15) is 0 Å². The van der Waals surface area contributed by atoms with Crippen LogP contribution in [0.4, 0.5) is 0 Å². The van der Waals surface area contributed by atoms with Crippen LogP contribution in [0, 0.1) is 13.8 Å². The standard InChI is InChI=1S/C14H24N2O4S/c1-10-12(9-15-4)13(11(2)20-10)21(17,18)16-14(3)5-7-19-8-6-14/h15-16H,5-9H2,1-4H3. The van der Waals surface area contributed by atoms with Crippen LogP contribution in [0.2, 0.25) is 0 Å². The number of ether oxygens (including phenoxy) is 1. The highest BCUT2D eigenvalue weighted by molar-refractivity contribution is 7.89. The second kappa shape index (κ2) is 6.08. The first-order valence-electron chi connectivity index (χ1n) is 7.14. The number of rotatable bonds is 5. The van der Waals surface area contributed by atoms with E-state index in [1.807, 2.05) is 6.92 Å². The molecule has 1 aliphatic heterocycles. The van der Waals surface area contributed by atoms with Crippen molar-refractivity contribution in [2.24, 2.45) is 0 Å². The average molecular weight is 316 g/mol. The third-order valence-corrected chi connectivity index (χ3v) is 5.76. The number of nitrogens with one attached hydrogen (secondary N) is 2. The quantitative estimate of drug-likeness (QED) is 0.859. The molecule has 0 saturated carbocycles. The van der Waals surface area contributed by atoms with Gasteiger partial charge in [0.05, 0.1) is 0 Å². The fourth-order valence-electron chi connectivity index (χ4n) is 2.74. The molecule has 0 radical (unpaired) electrons. The lowest BCUT2D eigenvalue weighted by molar-refractivity contribution is 0.0537. The van der Waals surface area contributed by atoms with E-state index >= 15 is 0 Å². The minimum Gasteiger partial charge on any atom is -0.465 e. The molecule has 6 nitrogen and oxygen atoms in total. The van der Waals surface area contributed by atoms with Crippen LogP contribution in [0.3, 0.4) is 0 Å². The largest absolute Gasteiger partial charge is 0.465 e. The normalized spacial score (nSPS) is 18.9. The molecule has 0 bridgehead atoms. The predicted octanol–water partition coefficient (Wildman–Crippen LogP) is 1.46. The molecular formula is C14H24N2O4S. The van der Waals surface area contributed by atoms with Crippen molar-refractivity contribution >= 4 is 10.0 Å². The zero-order valence-corrected chi connectivity index (χ0v) is 13.9. The van der Waals surface area contributed by atoms with Gasteiger partial charge in [-0.3, -0.25) is 0 Å². The SMILES string of the molecule is CNCc1c(C)oc(C)c1S(=O)(=O)NC1(C)CCOCC1. The van der Waals surface area contributed by atoms with Crippen LogP contribution in [-0.2, 0) is 21.3 Å². The van der Waals surface area contributed by atoms with Crippen molar-refractivity contribution in [1.29, 1.82) is 0 Å². The van der Waals surface area contributed by atoms with E-state index in [4.69, 9.17) is 9.15 Å². The van der Waals surface area contributed by atoms with E-state index in [-0.39, 0.29) is 4.90 Å². The summed E-state index contributed by atoms with van der Waals surface area (Å²) in [6, 6.07) is 0. The van der Waals surface area contributed by atoms with Gasteiger partial charge in [0.15, 0.2) is 0 Å². The maximum atomic E-state index is 12.8. The van der Waals surface area contributed by atoms with Gasteiger partial charge < -0.3 is 14.5 Å². The highest BCUT2D eigenvalue weighted by Crippen LogP contribution is 2.29. The molecule has 2 heterocycles. The average Bonchev–Trinajstić information content (AvgIpc) is 2.65. The molecule has 21 heavy (non-hydrogen) atoms. The van der Waals surface area contributed by atoms with Crippen LogP contribution in [-0.4, -0.2) is 34.2 Å². The van der Waals surface area contributed by atoms with E-state index in [9.17, 15) is 8.42 Å². The molecule has 1 aromatic heterocycles. The molecule has 1 fully saturated rings. The van der Waals surface area contributed by atoms with Gasteiger partial charge in [-0.25, -0.2) is 13.1 Å². The highest BCUT2D eigenvalue weighted by Gasteiger charge is 2.35. The van der Waals surface area contributed by atoms with Gasteiger partial charge in [-0.1, -0.05) is 0 Å². The summed E-state index contributed by atoms with van der Waals surface area (Å²) >= 11 is 0. The molecule has 0 amide bonds. The first-order chi connectivity index (χ1) is 9.79. The molecular weight excluding hydrogens is 292 g/mol. The Balaban J connectivity index is 2.35. The van der Waals surface area contributed by atoms with Gasteiger partial charge in [0, 0.05) is 30.9 Å². The zero-order chi connectivity index (χ0) is 15.7. The molecule has 7 heteroatoms. The van der Waals surface area contributed by atoms with Gasteiger partial charge in [0.2, 0.25) is 10.0 Å². The molecule has 0 aliphatic carbocycles. The molecule has 2 rings (SSSR count). The molecule has 0 spiro atoms. The van der Waals surface area contributed by atoms with Crippen molar-refractivity contribution in [3.8, 4) is 0 Å². The smallest absolute Gasteiger partial charge is 0.244 e. The maximum Gasteiger partial charge on any atom is 0.244 e. The first kappa shape index (κ1) is 16.5. The number of aryl methyl sites for hydroxylation is 2. The summed E-state index contributed by atoms with van der Waals surface area (Å²) in [5.74, 6) is 1.07. The van der Waals surface area contributed by atoms with Crippen LogP contribution in [0.15, 0.2) is 9.31 Å². The van der Waals surface area contributed by atoms with Crippen LogP contribution >= 0.6 is 0 Å². The Hall–Kier alpha value is -0.890. The van der Waals surface area contributed by atoms with E-state index < -0.39 is 15.6 Å². The molecule has 120 valence electrons. The van der Waals surface area contributed by atoms with Gasteiger partial charge in [0.25, 0.3) is 0 Å². The summed E-state index contributed by atoms with van der Waals surface area (Å²) in [6.07, 6.45) is 1.34. The van der Waals surface area contributed by atoms with Gasteiger partial charge >= 0.3 is 0 Å². The second-order valence-electron chi connectivity index (χ2n) is 5.83. The molecule has 1 aliphatic rings. The Morgan fingerprint density at radius 3 is 2.38 bits per heavy atom. The predicted molar refractivity (Wildman–Crippen MR) is 79.7 cm³/mol. The van der Waals surface area contributed by atoms with Crippen LogP contribution in [0.5, 0.6) is 0 Å². The third kappa shape index (κ3) is 3.48. The van der Waals surface area contributed by atoms with Crippen molar-refractivity contribution < 1.29 is 17.6 Å². The van der Waals surface area contributed by atoms with Crippen molar-refractivity contribution in [2.75, 3.05) is 20.3 Å². The lowest BCUT2D eigenvalue weighted by Crippen LogP contribution is -2.49. The summed E-state index contributed by atoms with van der Waals surface area (Å²) in [5, 5.41) is 2.99. The van der Waals surface area contributed by atoms with Gasteiger partial charge in [0.1, 0.15) is 16.4 Å². The van der Waals surface area contributed by atoms with E-state index in [2.05, 4.69) is 10.0 Å². The van der Waals surface area contributed by atoms with Crippen molar-refractivity contribution in [3.63, 3.8) is 0 Å². The molecule has 1 aromatic rings. The summed E-state index contributed by atoms with van der Waals surface area (Å²) in [7, 11) is -1.84. The number of hydrogen-bond acceptors (Lipinski definition) is 5. The maximum absolute atomic E-state index is 12.8. The molecule has 0 unspecified atom stereocenters. The van der Waals surface area contributed by atoms with E-state index in [0.717, 1.165) is 0 Å². The van der Waals surface area contributed by atoms with Crippen molar-refractivity contribution in [1.82, 2.24) is 10.0 Å². The Labute approximate surface area is 126 Å². The van der Waals surface area contributed by atoms with E-state index in [1.54, 1.807) is 20.9 Å². The molecule has 0 atom stereocenters. The van der Waals surface area contributed by atoms with Crippen LogP contribution in [0.25, 0.3) is 0 Å². The Morgan fingerprint density at radius 2 is 1.81 bits per heavy atom. The minimum atomic E-state index is -3.62. The number of sulfonamides is 1. The van der Waals surface area contributed by atoms with Gasteiger partial charge in [-0.15, -0.1) is 0 Å². The van der Waals surface area contributed by atoms with Crippen molar-refractivity contribution in [2.45, 2.75) is 50.6 Å². The number of furan rings is 1. The van der Waals surface area contributed by atoms with Crippen molar-refractivity contribution in [3.05, 3.63) is 17.1 Å². The van der Waals surface area contributed by atoms with E-state index in [0.29, 0.717) is 49.7 Å². The minimum absolute atomic E-state index is 0.266. The summed E-state index contributed by atoms with van der Waals surface area (Å²) < 4.78 is 39.3. The fraction of sp³-hybridized carbons (Fsp3) is 0.714. The Bertz CT molecular complexity index is 601. The lowest BCUT2D eigenvalue weighted by Gasteiger charge is -2.34. The lowest BCUT2D eigenvalue weighted by atomic mass is 9.94. The fourth-order valence-corrected chi connectivity index (χ4v) is 4.66. The number of hydrogen-bond donors (Lipinski definition) is 2. The molecule has 2 N–H and O–H groups in total. The highest BCUT2D eigenvalue weighted by atomic mass is 32.2. The van der Waals surface area contributed by atoms with Crippen LogP contribution < -0.4 is 10.0 Å². The molecule has 0 aromatic carbocycles. The third-order valence-electron chi connectivity index (χ3n) is 3.92. The monoisotopic (exact) mass is 316 g/mol. The molecule has 1 saturated heterocycles. The summed E-state index contributed by atoms with van der Waals surface area (Å²) in [4.78, 5) is 0.266.